The van der Waals surface area contributed by atoms with Crippen LogP contribution in [0.2, 0.25) is 0 Å². The molecule has 0 saturated carbocycles. The molecule has 0 unspecified atom stereocenters. The van der Waals surface area contributed by atoms with Crippen LogP contribution in [0.4, 0.5) is 4.39 Å². The molecule has 0 radical (unpaired) electrons. The second-order valence-electron chi connectivity index (χ2n) is 4.11. The van der Waals surface area contributed by atoms with Crippen molar-refractivity contribution in [1.29, 1.82) is 0 Å². The number of hydrogen-bond donors (Lipinski definition) is 0. The van der Waals surface area contributed by atoms with E-state index in [1.165, 1.54) is 32.7 Å². The summed E-state index contributed by atoms with van der Waals surface area (Å²) in [7, 11) is 2.84. The van der Waals surface area contributed by atoms with Crippen LogP contribution < -0.4 is 9.47 Å². The molecular weight excluding hydrogens is 261 g/mol. The predicted octanol–water partition coefficient (Wildman–Crippen LogP) is 2.66. The maximum absolute atomic E-state index is 14.0. The number of Topliss-reactive ketones (excluding diaryl/α,β-unsaturated/α-hetero) is 1. The molecule has 0 N–H and O–H groups in total. The van der Waals surface area contributed by atoms with E-state index in [1.807, 2.05) is 0 Å². The van der Waals surface area contributed by atoms with Gasteiger partial charge in [0.05, 0.1) is 26.0 Å². The van der Waals surface area contributed by atoms with Gasteiger partial charge in [-0.1, -0.05) is 12.1 Å². The van der Waals surface area contributed by atoms with E-state index in [1.54, 1.807) is 18.2 Å². The first-order valence-corrected chi connectivity index (χ1v) is 6.00. The van der Waals surface area contributed by atoms with Crippen LogP contribution in [0.5, 0.6) is 11.5 Å². The number of ether oxygens (including phenoxy) is 2. The minimum absolute atomic E-state index is 0.0661. The lowest BCUT2D eigenvalue weighted by atomic mass is 10.0. The number of pyridine rings is 1. The van der Waals surface area contributed by atoms with Gasteiger partial charge in [0.1, 0.15) is 5.75 Å². The summed E-state index contributed by atoms with van der Waals surface area (Å²) in [5.41, 5.74) is 0.665. The van der Waals surface area contributed by atoms with Crippen molar-refractivity contribution in [3.8, 4) is 11.5 Å². The van der Waals surface area contributed by atoms with E-state index in [0.717, 1.165) is 0 Å². The average Bonchev–Trinajstić information content (AvgIpc) is 2.49. The predicted molar refractivity (Wildman–Crippen MR) is 71.8 cm³/mol. The molecule has 5 heteroatoms. The van der Waals surface area contributed by atoms with Gasteiger partial charge in [-0.3, -0.25) is 9.78 Å². The van der Waals surface area contributed by atoms with Gasteiger partial charge in [-0.25, -0.2) is 4.39 Å². The summed E-state index contributed by atoms with van der Waals surface area (Å²) in [6.07, 6.45) is 2.89. The Morgan fingerprint density at radius 3 is 2.65 bits per heavy atom. The van der Waals surface area contributed by atoms with E-state index < -0.39 is 5.82 Å². The highest BCUT2D eigenvalue weighted by Crippen LogP contribution is 2.23. The smallest absolute Gasteiger partial charge is 0.171 e. The third kappa shape index (κ3) is 2.77. The van der Waals surface area contributed by atoms with Crippen molar-refractivity contribution >= 4 is 5.78 Å². The summed E-state index contributed by atoms with van der Waals surface area (Å²) in [4.78, 5) is 16.1. The molecule has 0 saturated heterocycles. The molecule has 1 aromatic carbocycles. The highest BCUT2D eigenvalue weighted by atomic mass is 19.1. The van der Waals surface area contributed by atoms with E-state index in [2.05, 4.69) is 4.98 Å². The minimum Gasteiger partial charge on any atom is -0.494 e. The monoisotopic (exact) mass is 275 g/mol. The number of halogens is 1. The van der Waals surface area contributed by atoms with Crippen LogP contribution >= 0.6 is 0 Å². The zero-order valence-electron chi connectivity index (χ0n) is 11.2. The Balaban J connectivity index is 2.28. The number of nitrogens with zero attached hydrogens (tertiary/aromatic N) is 1. The molecule has 0 amide bonds. The lowest BCUT2D eigenvalue weighted by Crippen LogP contribution is -2.08. The molecule has 1 heterocycles. The molecule has 0 spiro atoms. The molecule has 0 fully saturated rings. The highest BCUT2D eigenvalue weighted by molar-refractivity contribution is 5.99. The van der Waals surface area contributed by atoms with Crippen LogP contribution in [0.1, 0.15) is 15.9 Å². The van der Waals surface area contributed by atoms with Crippen LogP contribution in [-0.2, 0) is 6.42 Å². The standard InChI is InChI=1S/C15H14FNO3/c1-19-13-5-3-4-10(15(13)16)8-12(18)11-6-7-17-9-14(11)20-2/h3-7,9H,8H2,1-2H3. The average molecular weight is 275 g/mol. The lowest BCUT2D eigenvalue weighted by molar-refractivity contribution is 0.0988. The number of ketones is 1. The van der Waals surface area contributed by atoms with Gasteiger partial charge in [0, 0.05) is 12.6 Å². The number of methoxy groups -OCH3 is 2. The molecule has 0 bridgehead atoms. The molecule has 0 aliphatic rings. The van der Waals surface area contributed by atoms with Crippen molar-refractivity contribution < 1.29 is 18.7 Å². The molecule has 2 aromatic rings. The number of hydrogen-bond acceptors (Lipinski definition) is 4. The van der Waals surface area contributed by atoms with E-state index in [0.29, 0.717) is 11.3 Å². The molecular formula is C15H14FNO3. The Morgan fingerprint density at radius 2 is 1.95 bits per heavy atom. The van der Waals surface area contributed by atoms with Crippen LogP contribution in [0.15, 0.2) is 36.7 Å². The van der Waals surface area contributed by atoms with Crippen LogP contribution in [0, 0.1) is 5.82 Å². The Bertz CT molecular complexity index is 628. The Kier molecular flexibility index (Phi) is 4.30. The summed E-state index contributed by atoms with van der Waals surface area (Å²) in [6.45, 7) is 0. The third-order valence-corrected chi connectivity index (χ3v) is 2.92. The molecule has 4 nitrogen and oxygen atoms in total. The third-order valence-electron chi connectivity index (χ3n) is 2.92. The van der Waals surface area contributed by atoms with Crippen LogP contribution in [0.3, 0.4) is 0 Å². The number of carbonyl (C=O) groups is 1. The summed E-state index contributed by atoms with van der Waals surface area (Å²) in [6, 6.07) is 6.27. The number of benzene rings is 1. The van der Waals surface area contributed by atoms with E-state index in [-0.39, 0.29) is 23.5 Å². The van der Waals surface area contributed by atoms with Crippen molar-refractivity contribution in [2.75, 3.05) is 14.2 Å². The number of rotatable bonds is 5. The zero-order valence-corrected chi connectivity index (χ0v) is 11.2. The fourth-order valence-electron chi connectivity index (χ4n) is 1.89. The first-order valence-electron chi connectivity index (χ1n) is 6.00. The molecule has 2 rings (SSSR count). The second kappa shape index (κ2) is 6.14. The minimum atomic E-state index is -0.517. The van der Waals surface area contributed by atoms with Crippen LogP contribution in [-0.4, -0.2) is 25.0 Å². The van der Waals surface area contributed by atoms with Crippen molar-refractivity contribution in [3.05, 3.63) is 53.6 Å². The largest absolute Gasteiger partial charge is 0.494 e. The lowest BCUT2D eigenvalue weighted by Gasteiger charge is -2.09. The Hall–Kier alpha value is -2.43. The van der Waals surface area contributed by atoms with Gasteiger partial charge >= 0.3 is 0 Å². The highest BCUT2D eigenvalue weighted by Gasteiger charge is 2.16. The summed E-state index contributed by atoms with van der Waals surface area (Å²) < 4.78 is 24.0. The normalized spacial score (nSPS) is 10.2. The molecule has 0 aliphatic carbocycles. The van der Waals surface area contributed by atoms with E-state index >= 15 is 0 Å². The van der Waals surface area contributed by atoms with Gasteiger partial charge < -0.3 is 9.47 Å². The van der Waals surface area contributed by atoms with Gasteiger partial charge in [0.15, 0.2) is 17.3 Å². The summed E-state index contributed by atoms with van der Waals surface area (Å²) >= 11 is 0. The van der Waals surface area contributed by atoms with Gasteiger partial charge in [-0.05, 0) is 17.7 Å². The van der Waals surface area contributed by atoms with Gasteiger partial charge in [0.25, 0.3) is 0 Å². The zero-order chi connectivity index (χ0) is 14.5. The van der Waals surface area contributed by atoms with E-state index in [4.69, 9.17) is 9.47 Å². The first-order chi connectivity index (χ1) is 9.67. The van der Waals surface area contributed by atoms with E-state index in [9.17, 15) is 9.18 Å². The van der Waals surface area contributed by atoms with Crippen molar-refractivity contribution in [3.63, 3.8) is 0 Å². The Labute approximate surface area is 116 Å². The Morgan fingerprint density at radius 1 is 1.20 bits per heavy atom. The SMILES string of the molecule is COc1cnccc1C(=O)Cc1cccc(OC)c1F. The maximum Gasteiger partial charge on any atom is 0.171 e. The van der Waals surface area contributed by atoms with Crippen LogP contribution in [0.25, 0.3) is 0 Å². The summed E-state index contributed by atoms with van der Waals surface area (Å²) in [5.74, 6) is -0.259. The van der Waals surface area contributed by atoms with Crippen molar-refractivity contribution in [2.45, 2.75) is 6.42 Å². The molecule has 20 heavy (non-hydrogen) atoms. The molecule has 0 aliphatic heterocycles. The number of carbonyl (C=O) groups excluding carboxylic acids is 1. The molecule has 104 valence electrons. The quantitative estimate of drug-likeness (QED) is 0.787. The van der Waals surface area contributed by atoms with Crippen molar-refractivity contribution in [1.82, 2.24) is 4.98 Å². The summed E-state index contributed by atoms with van der Waals surface area (Å²) in [5, 5.41) is 0. The first kappa shape index (κ1) is 14.0. The number of aromatic nitrogens is 1. The molecule has 0 atom stereocenters. The van der Waals surface area contributed by atoms with Gasteiger partial charge in [-0.15, -0.1) is 0 Å². The second-order valence-corrected chi connectivity index (χ2v) is 4.11. The fraction of sp³-hybridized carbons (Fsp3) is 0.200. The van der Waals surface area contributed by atoms with Gasteiger partial charge in [-0.2, -0.15) is 0 Å². The topological polar surface area (TPSA) is 48.4 Å². The fourth-order valence-corrected chi connectivity index (χ4v) is 1.89. The maximum atomic E-state index is 14.0. The van der Waals surface area contributed by atoms with Gasteiger partial charge in [0.2, 0.25) is 0 Å². The molecule has 1 aromatic heterocycles. The van der Waals surface area contributed by atoms with Crippen molar-refractivity contribution in [2.24, 2.45) is 0 Å².